The summed E-state index contributed by atoms with van der Waals surface area (Å²) in [5.41, 5.74) is 9.98. The lowest BCUT2D eigenvalue weighted by Gasteiger charge is -2.31. The van der Waals surface area contributed by atoms with E-state index in [0.717, 1.165) is 4.57 Å². The number of phosphoric ester groups is 1. The number of ether oxygens (including phenoxy) is 3. The number of benzene rings is 1. The highest BCUT2D eigenvalue weighted by atomic mass is 31.3. The Hall–Kier alpha value is -3.09. The van der Waals surface area contributed by atoms with Crippen LogP contribution in [0.2, 0.25) is 0 Å². The van der Waals surface area contributed by atoms with E-state index in [0.29, 0.717) is 0 Å². The fourth-order valence-corrected chi connectivity index (χ4v) is 7.72. The smallest absolute Gasteiger partial charge is 0.490 e. The fraction of sp³-hybridized carbons (Fsp3) is 0.520. The summed E-state index contributed by atoms with van der Waals surface area (Å²) in [4.78, 5) is 64.4. The minimum atomic E-state index is -5.78. The van der Waals surface area contributed by atoms with Crippen molar-refractivity contribution in [2.45, 2.75) is 58.3 Å². The molecule has 1 saturated heterocycles. The molecule has 0 aliphatic carbocycles. The van der Waals surface area contributed by atoms with Crippen molar-refractivity contribution in [2.75, 3.05) is 26.0 Å². The average Bonchev–Trinajstić information content (AvgIpc) is 3.33. The molecule has 1 aliphatic heterocycles. The lowest BCUT2D eigenvalue weighted by atomic mass is 9.83. The Morgan fingerprint density at radius 3 is 2.40 bits per heavy atom. The molecule has 0 saturated carbocycles. The summed E-state index contributed by atoms with van der Waals surface area (Å²) < 4.78 is 64.4. The van der Waals surface area contributed by atoms with Gasteiger partial charge in [-0.25, -0.2) is 18.5 Å². The Balaban J connectivity index is 1.84. The SMILES string of the molecule is COc1cc([C@@H](OCc2cn([C@@H]3C[C@H](O)[C@@H](COP(=O)(O)OP(=O)(O)OP(=O)(O)O)O3)c(=O)nc2N)C(C)(C)C)c([N+](=O)[O-])cc1C#CCN. The van der Waals surface area contributed by atoms with Crippen LogP contribution in [-0.2, 0) is 42.9 Å². The molecule has 2 heterocycles. The third-order valence-corrected chi connectivity index (χ3v) is 10.5. The van der Waals surface area contributed by atoms with Crippen LogP contribution in [0, 0.1) is 27.4 Å². The van der Waals surface area contributed by atoms with Crippen LogP contribution in [0.1, 0.15) is 56.2 Å². The zero-order chi connectivity index (χ0) is 37.8. The zero-order valence-electron chi connectivity index (χ0n) is 26.8. The van der Waals surface area contributed by atoms with Crippen molar-refractivity contribution >= 4 is 35.0 Å². The highest BCUT2D eigenvalue weighted by Gasteiger charge is 2.43. The molecule has 1 aromatic carbocycles. The second-order valence-corrected chi connectivity index (χ2v) is 16.0. The summed E-state index contributed by atoms with van der Waals surface area (Å²) in [6.07, 6.45) is -4.19. The van der Waals surface area contributed by atoms with Gasteiger partial charge < -0.3 is 50.4 Å². The van der Waals surface area contributed by atoms with E-state index in [9.17, 15) is 43.5 Å². The van der Waals surface area contributed by atoms with Crippen LogP contribution in [0.5, 0.6) is 5.75 Å². The molecule has 3 rings (SSSR count). The summed E-state index contributed by atoms with van der Waals surface area (Å²) in [5, 5.41) is 22.6. The lowest BCUT2D eigenvalue weighted by molar-refractivity contribution is -0.386. The van der Waals surface area contributed by atoms with E-state index in [-0.39, 0.29) is 53.5 Å². The molecule has 0 spiro atoms. The van der Waals surface area contributed by atoms with Crippen LogP contribution >= 0.6 is 23.5 Å². The minimum Gasteiger partial charge on any atom is -0.495 e. The Morgan fingerprint density at radius 2 is 1.84 bits per heavy atom. The molecular weight excluding hydrogens is 735 g/mol. The Morgan fingerprint density at radius 1 is 1.18 bits per heavy atom. The number of aliphatic hydroxyl groups is 1. The first kappa shape index (κ1) is 41.3. The van der Waals surface area contributed by atoms with E-state index in [1.165, 1.54) is 25.4 Å². The Labute approximate surface area is 283 Å². The van der Waals surface area contributed by atoms with Gasteiger partial charge in [-0.1, -0.05) is 32.6 Å². The topological polar surface area (TPSA) is 338 Å². The average molecular weight is 772 g/mol. The maximum Gasteiger partial charge on any atom is 0.490 e. The maximum absolute atomic E-state index is 12.8. The van der Waals surface area contributed by atoms with Crippen LogP contribution in [0.15, 0.2) is 23.1 Å². The molecule has 25 heteroatoms. The van der Waals surface area contributed by atoms with Crippen LogP contribution in [0.3, 0.4) is 0 Å². The van der Waals surface area contributed by atoms with E-state index < -0.39 is 70.6 Å². The molecule has 2 unspecified atom stereocenters. The molecular formula is C25H36N5O17P3. The minimum absolute atomic E-state index is 0.0115. The van der Waals surface area contributed by atoms with Gasteiger partial charge >= 0.3 is 29.2 Å². The second kappa shape index (κ2) is 16.1. The quantitative estimate of drug-likeness (QED) is 0.0616. The third-order valence-electron chi connectivity index (χ3n) is 6.74. The molecule has 9 N–H and O–H groups in total. The molecule has 6 atom stereocenters. The zero-order valence-corrected chi connectivity index (χ0v) is 29.5. The van der Waals surface area contributed by atoms with Crippen molar-refractivity contribution in [3.05, 3.63) is 55.6 Å². The van der Waals surface area contributed by atoms with E-state index in [1.54, 1.807) is 20.8 Å². The number of nitrogens with zero attached hydrogens (tertiary/aromatic N) is 3. The van der Waals surface area contributed by atoms with Gasteiger partial charge in [-0.05, 0) is 11.5 Å². The number of hydrogen-bond donors (Lipinski definition) is 7. The van der Waals surface area contributed by atoms with E-state index in [4.69, 9.17) is 35.5 Å². The Kier molecular flexibility index (Phi) is 13.3. The first-order valence-electron chi connectivity index (χ1n) is 14.1. The maximum atomic E-state index is 12.8. The van der Waals surface area contributed by atoms with Gasteiger partial charge in [-0.3, -0.25) is 19.2 Å². The van der Waals surface area contributed by atoms with Crippen LogP contribution in [-0.4, -0.2) is 71.6 Å². The first-order chi connectivity index (χ1) is 23.0. The highest BCUT2D eigenvalue weighted by Crippen LogP contribution is 2.66. The van der Waals surface area contributed by atoms with Crippen molar-refractivity contribution < 1.29 is 70.7 Å². The van der Waals surface area contributed by atoms with Gasteiger partial charge in [-0.15, -0.1) is 0 Å². The van der Waals surface area contributed by atoms with Gasteiger partial charge in [0.25, 0.3) is 5.69 Å². The number of phosphoric acid groups is 3. The molecule has 2 aromatic rings. The monoisotopic (exact) mass is 771 g/mol. The van der Waals surface area contributed by atoms with Gasteiger partial charge in [0, 0.05) is 24.2 Å². The predicted octanol–water partition coefficient (Wildman–Crippen LogP) is 1.35. The number of aromatic nitrogens is 2. The molecule has 0 radical (unpaired) electrons. The summed E-state index contributed by atoms with van der Waals surface area (Å²) in [6.45, 7) is 4.02. The number of hydrogen-bond acceptors (Lipinski definition) is 16. The number of nitrogen functional groups attached to an aromatic ring is 1. The number of methoxy groups -OCH3 is 1. The van der Waals surface area contributed by atoms with E-state index in [1.807, 2.05) is 0 Å². The lowest BCUT2D eigenvalue weighted by Crippen LogP contribution is -2.30. The molecule has 278 valence electrons. The fourth-order valence-electron chi connectivity index (χ4n) is 4.69. The van der Waals surface area contributed by atoms with E-state index in [2.05, 4.69) is 30.0 Å². The van der Waals surface area contributed by atoms with Crippen molar-refractivity contribution in [1.29, 1.82) is 0 Å². The Bertz CT molecular complexity index is 1850. The number of rotatable bonds is 14. The van der Waals surface area contributed by atoms with E-state index >= 15 is 0 Å². The third kappa shape index (κ3) is 11.2. The molecule has 22 nitrogen and oxygen atoms in total. The van der Waals surface area contributed by atoms with Gasteiger partial charge in [0.2, 0.25) is 0 Å². The van der Waals surface area contributed by atoms with Crippen LogP contribution < -0.4 is 21.9 Å². The van der Waals surface area contributed by atoms with Crippen molar-refractivity contribution in [3.63, 3.8) is 0 Å². The second-order valence-electron chi connectivity index (χ2n) is 11.6. The number of aliphatic hydroxyl groups excluding tert-OH is 1. The number of nitrogens with two attached hydrogens (primary N) is 2. The van der Waals surface area contributed by atoms with Crippen LogP contribution in [0.4, 0.5) is 11.5 Å². The standard InChI is InChI=1S/C25H36N5O17P3/c1-25(2,3)22(16-9-19(42-4)14(6-5-7-26)8-17(16)30(33)34)43-12-15-11-29(24(32)28-23(15)27)21-10-18(31)20(45-21)13-44-49(38,39)47-50(40,41)46-48(35,36)37/h8-9,11,18,20-22,31H,7,10,12-13,26H2,1-4H3,(H,38,39)(H,40,41)(H2,27,28,32)(H2,35,36,37)/t18-,20+,21-,22+/m0/s1. The molecule has 50 heavy (non-hydrogen) atoms. The molecule has 1 fully saturated rings. The number of nitro benzene ring substituents is 1. The normalized spacial score (nSPS) is 21.0. The van der Waals surface area contributed by atoms with Gasteiger partial charge in [0.1, 0.15) is 23.9 Å². The van der Waals surface area contributed by atoms with Gasteiger partial charge in [0.15, 0.2) is 0 Å². The number of nitro groups is 1. The summed E-state index contributed by atoms with van der Waals surface area (Å²) >= 11 is 0. The summed E-state index contributed by atoms with van der Waals surface area (Å²) in [5.74, 6) is 5.36. The summed E-state index contributed by atoms with van der Waals surface area (Å²) in [6, 6.07) is 2.69. The van der Waals surface area contributed by atoms with Gasteiger partial charge in [-0.2, -0.15) is 13.6 Å². The van der Waals surface area contributed by atoms with Crippen molar-refractivity contribution in [1.82, 2.24) is 9.55 Å². The molecule has 1 aromatic heterocycles. The molecule has 1 aliphatic rings. The highest BCUT2D eigenvalue weighted by molar-refractivity contribution is 7.66. The predicted molar refractivity (Wildman–Crippen MR) is 170 cm³/mol. The van der Waals surface area contributed by atoms with Crippen molar-refractivity contribution in [2.24, 2.45) is 11.1 Å². The van der Waals surface area contributed by atoms with Crippen LogP contribution in [0.25, 0.3) is 0 Å². The van der Waals surface area contributed by atoms with Gasteiger partial charge in [0.05, 0.1) is 55.1 Å². The van der Waals surface area contributed by atoms with Crippen molar-refractivity contribution in [3.8, 4) is 17.6 Å². The largest absolute Gasteiger partial charge is 0.495 e. The molecule has 0 amide bonds. The number of anilines is 1. The molecule has 0 bridgehead atoms. The first-order valence-corrected chi connectivity index (χ1v) is 18.6. The summed E-state index contributed by atoms with van der Waals surface area (Å²) in [7, 11) is -15.6.